The average molecular weight is 219 g/mol. The largest absolute Gasteiger partial charge is 0.378 e. The average Bonchev–Trinajstić information content (AvgIpc) is 2.76. The Hall–Kier alpha value is -1.56. The van der Waals surface area contributed by atoms with E-state index >= 15 is 0 Å². The van der Waals surface area contributed by atoms with Gasteiger partial charge in [-0.15, -0.1) is 11.3 Å². The summed E-state index contributed by atoms with van der Waals surface area (Å²) < 4.78 is 5.26. The molecule has 76 valence electrons. The second kappa shape index (κ2) is 4.79. The zero-order chi connectivity index (χ0) is 10.5. The van der Waals surface area contributed by atoms with Gasteiger partial charge in [0, 0.05) is 24.4 Å². The van der Waals surface area contributed by atoms with Crippen molar-refractivity contribution in [1.29, 1.82) is 5.26 Å². The third-order valence-electron chi connectivity index (χ3n) is 2.02. The molecule has 1 saturated heterocycles. The topological polar surface area (TPSA) is 49.2 Å². The number of aromatic nitrogens is 1. The first-order chi connectivity index (χ1) is 7.40. The Kier molecular flexibility index (Phi) is 3.18. The van der Waals surface area contributed by atoms with Crippen LogP contribution in [0.3, 0.4) is 0 Å². The van der Waals surface area contributed by atoms with Gasteiger partial charge < -0.3 is 9.64 Å². The van der Waals surface area contributed by atoms with Crippen LogP contribution in [0, 0.1) is 23.2 Å². The van der Waals surface area contributed by atoms with Crippen molar-refractivity contribution in [1.82, 2.24) is 4.98 Å². The lowest BCUT2D eigenvalue weighted by atomic mass is 10.4. The second-order valence-corrected chi connectivity index (χ2v) is 3.81. The van der Waals surface area contributed by atoms with Gasteiger partial charge in [-0.25, -0.2) is 4.98 Å². The van der Waals surface area contributed by atoms with E-state index in [9.17, 15) is 0 Å². The minimum absolute atomic E-state index is 0.669. The van der Waals surface area contributed by atoms with Crippen LogP contribution >= 0.6 is 11.3 Å². The van der Waals surface area contributed by atoms with E-state index in [4.69, 9.17) is 10.00 Å². The van der Waals surface area contributed by atoms with E-state index in [1.165, 1.54) is 0 Å². The lowest BCUT2D eigenvalue weighted by molar-refractivity contribution is 0.122. The van der Waals surface area contributed by atoms with Gasteiger partial charge in [0.2, 0.25) is 0 Å². The van der Waals surface area contributed by atoms with Gasteiger partial charge in [-0.05, 0) is 5.92 Å². The van der Waals surface area contributed by atoms with Crippen molar-refractivity contribution in [3.8, 4) is 17.9 Å². The summed E-state index contributed by atoms with van der Waals surface area (Å²) in [6.45, 7) is 3.24. The Morgan fingerprint density at radius 3 is 3.00 bits per heavy atom. The maximum absolute atomic E-state index is 8.31. The summed E-state index contributed by atoms with van der Waals surface area (Å²) in [6, 6.07) is 1.77. The molecule has 15 heavy (non-hydrogen) atoms. The van der Waals surface area contributed by atoms with Crippen LogP contribution in [0.5, 0.6) is 0 Å². The molecule has 0 saturated carbocycles. The van der Waals surface area contributed by atoms with Crippen molar-refractivity contribution in [3.05, 3.63) is 11.1 Å². The second-order valence-electron chi connectivity index (χ2n) is 2.98. The molecule has 5 heteroatoms. The minimum atomic E-state index is 0.669. The molecule has 1 aromatic rings. The number of anilines is 1. The number of ether oxygens (including phenoxy) is 1. The summed E-state index contributed by atoms with van der Waals surface area (Å²) >= 11 is 1.55. The van der Waals surface area contributed by atoms with Crippen molar-refractivity contribution in [2.24, 2.45) is 0 Å². The third kappa shape index (κ3) is 2.47. The Bertz CT molecular complexity index is 432. The number of hydrogen-bond donors (Lipinski definition) is 0. The summed E-state index contributed by atoms with van der Waals surface area (Å²) in [5.74, 6) is 5.02. The van der Waals surface area contributed by atoms with E-state index in [0.29, 0.717) is 5.69 Å². The van der Waals surface area contributed by atoms with Crippen LogP contribution in [0.2, 0.25) is 0 Å². The van der Waals surface area contributed by atoms with Crippen LogP contribution in [0.15, 0.2) is 5.38 Å². The van der Waals surface area contributed by atoms with Gasteiger partial charge in [-0.1, -0.05) is 0 Å². The molecular weight excluding hydrogens is 210 g/mol. The molecular formula is C10H9N3OS. The molecule has 0 amide bonds. The van der Waals surface area contributed by atoms with E-state index in [1.807, 2.05) is 5.38 Å². The standard InChI is InChI=1S/C10H9N3OS/c11-3-1-2-9-8-15-10(12-9)13-4-6-14-7-5-13/h8H,4-7H2. The zero-order valence-electron chi connectivity index (χ0n) is 8.06. The molecule has 0 radical (unpaired) electrons. The summed E-state index contributed by atoms with van der Waals surface area (Å²) in [5, 5.41) is 11.1. The Labute approximate surface area is 92.1 Å². The SMILES string of the molecule is N#CC#Cc1csc(N2CCOCC2)n1. The van der Waals surface area contributed by atoms with Crippen molar-refractivity contribution in [2.75, 3.05) is 31.2 Å². The number of nitriles is 1. The quantitative estimate of drug-likeness (QED) is 0.657. The molecule has 0 aliphatic carbocycles. The predicted molar refractivity (Wildman–Crippen MR) is 57.6 cm³/mol. The summed E-state index contributed by atoms with van der Waals surface area (Å²) in [4.78, 5) is 6.51. The fourth-order valence-corrected chi connectivity index (χ4v) is 2.12. The molecule has 0 N–H and O–H groups in total. The molecule has 0 unspecified atom stereocenters. The Morgan fingerprint density at radius 1 is 1.47 bits per heavy atom. The predicted octanol–water partition coefficient (Wildman–Crippen LogP) is 0.855. The highest BCUT2D eigenvalue weighted by Crippen LogP contribution is 2.20. The molecule has 0 atom stereocenters. The lowest BCUT2D eigenvalue weighted by Crippen LogP contribution is -2.36. The zero-order valence-corrected chi connectivity index (χ0v) is 8.88. The van der Waals surface area contributed by atoms with Crippen molar-refractivity contribution in [3.63, 3.8) is 0 Å². The van der Waals surface area contributed by atoms with Crippen molar-refractivity contribution in [2.45, 2.75) is 0 Å². The normalized spacial score (nSPS) is 15.3. The highest BCUT2D eigenvalue weighted by atomic mass is 32.1. The van der Waals surface area contributed by atoms with Crippen LogP contribution in [0.4, 0.5) is 5.13 Å². The first-order valence-corrected chi connectivity index (χ1v) is 5.46. The third-order valence-corrected chi connectivity index (χ3v) is 2.92. The highest BCUT2D eigenvalue weighted by molar-refractivity contribution is 7.13. The Morgan fingerprint density at radius 2 is 2.27 bits per heavy atom. The van der Waals surface area contributed by atoms with Crippen LogP contribution in [0.25, 0.3) is 0 Å². The van der Waals surface area contributed by atoms with Gasteiger partial charge in [0.15, 0.2) is 11.2 Å². The van der Waals surface area contributed by atoms with Crippen LogP contribution in [-0.4, -0.2) is 31.3 Å². The van der Waals surface area contributed by atoms with Gasteiger partial charge in [-0.2, -0.15) is 5.26 Å². The maximum Gasteiger partial charge on any atom is 0.186 e. The fourth-order valence-electron chi connectivity index (χ4n) is 1.31. The number of hydrogen-bond acceptors (Lipinski definition) is 5. The van der Waals surface area contributed by atoms with Crippen LogP contribution in [0.1, 0.15) is 5.69 Å². The monoisotopic (exact) mass is 219 g/mol. The van der Waals surface area contributed by atoms with E-state index in [0.717, 1.165) is 31.4 Å². The smallest absolute Gasteiger partial charge is 0.186 e. The summed E-state index contributed by atoms with van der Waals surface area (Å²) in [5.41, 5.74) is 0.669. The van der Waals surface area contributed by atoms with Crippen LogP contribution in [-0.2, 0) is 4.74 Å². The number of thiazole rings is 1. The number of rotatable bonds is 1. The Balaban J connectivity index is 2.09. The lowest BCUT2D eigenvalue weighted by Gasteiger charge is -2.25. The molecule has 2 rings (SSSR count). The van der Waals surface area contributed by atoms with Gasteiger partial charge in [0.05, 0.1) is 13.2 Å². The van der Waals surface area contributed by atoms with Gasteiger partial charge in [0.25, 0.3) is 0 Å². The highest BCUT2D eigenvalue weighted by Gasteiger charge is 2.13. The summed E-state index contributed by atoms with van der Waals surface area (Å²) in [7, 11) is 0. The van der Waals surface area contributed by atoms with Gasteiger partial charge in [0.1, 0.15) is 5.69 Å². The molecule has 0 aromatic carbocycles. The molecule has 1 aliphatic heterocycles. The maximum atomic E-state index is 8.31. The molecule has 1 aromatic heterocycles. The number of nitrogens with zero attached hydrogens (tertiary/aromatic N) is 3. The van der Waals surface area contributed by atoms with Crippen molar-refractivity contribution < 1.29 is 4.74 Å². The van der Waals surface area contributed by atoms with E-state index in [-0.39, 0.29) is 0 Å². The minimum Gasteiger partial charge on any atom is -0.378 e. The van der Waals surface area contributed by atoms with Crippen molar-refractivity contribution >= 4 is 16.5 Å². The fraction of sp³-hybridized carbons (Fsp3) is 0.400. The molecule has 4 nitrogen and oxygen atoms in total. The van der Waals surface area contributed by atoms with Gasteiger partial charge in [-0.3, -0.25) is 0 Å². The molecule has 1 fully saturated rings. The molecule has 0 bridgehead atoms. The first kappa shape index (κ1) is 9.97. The first-order valence-electron chi connectivity index (χ1n) is 4.58. The van der Waals surface area contributed by atoms with Gasteiger partial charge >= 0.3 is 0 Å². The van der Waals surface area contributed by atoms with E-state index in [1.54, 1.807) is 17.4 Å². The van der Waals surface area contributed by atoms with E-state index in [2.05, 4.69) is 21.7 Å². The van der Waals surface area contributed by atoms with E-state index < -0.39 is 0 Å². The molecule has 0 spiro atoms. The molecule has 2 heterocycles. The van der Waals surface area contributed by atoms with Crippen LogP contribution < -0.4 is 4.90 Å². The number of morpholine rings is 1. The summed E-state index contributed by atoms with van der Waals surface area (Å²) in [6.07, 6.45) is 0. The molecule has 1 aliphatic rings.